The van der Waals surface area contributed by atoms with Crippen LogP contribution in [0.1, 0.15) is 6.92 Å². The molecule has 96 valence electrons. The molecule has 0 heterocycles. The summed E-state index contributed by atoms with van der Waals surface area (Å²) in [5.74, 6) is 0.201. The highest BCUT2D eigenvalue weighted by molar-refractivity contribution is 9.10. The average Bonchev–Trinajstić information content (AvgIpc) is 2.22. The van der Waals surface area contributed by atoms with Crippen molar-refractivity contribution in [3.63, 3.8) is 0 Å². The molecule has 0 radical (unpaired) electrons. The van der Waals surface area contributed by atoms with Crippen molar-refractivity contribution >= 4 is 54.8 Å². The first-order chi connectivity index (χ1) is 7.84. The molecule has 0 saturated carbocycles. The minimum Gasteiger partial charge on any atom is -0.283 e. The van der Waals surface area contributed by atoms with Crippen molar-refractivity contribution in [3.05, 3.63) is 27.7 Å². The Balaban J connectivity index is 2.80. The highest BCUT2D eigenvalue weighted by Gasteiger charge is 2.15. The van der Waals surface area contributed by atoms with Crippen LogP contribution in [0.2, 0.25) is 5.02 Å². The van der Waals surface area contributed by atoms with Gasteiger partial charge in [0.1, 0.15) is 0 Å². The molecule has 0 aliphatic carbocycles. The average molecular weight is 361 g/mol. The fourth-order valence-electron chi connectivity index (χ4n) is 1.20. The molecule has 0 aliphatic heterocycles. The van der Waals surface area contributed by atoms with Gasteiger partial charge in [0.05, 0.1) is 16.5 Å². The summed E-state index contributed by atoms with van der Waals surface area (Å²) in [5.41, 5.74) is 0.444. The van der Waals surface area contributed by atoms with E-state index in [1.807, 2.05) is 0 Å². The van der Waals surface area contributed by atoms with Crippen molar-refractivity contribution in [2.24, 2.45) is 5.92 Å². The number of nitrogens with one attached hydrogen (secondary N) is 1. The molecule has 1 aromatic carbocycles. The fraction of sp³-hybridized carbons (Fsp3) is 0.400. The van der Waals surface area contributed by atoms with E-state index in [-0.39, 0.29) is 11.7 Å². The van der Waals surface area contributed by atoms with Gasteiger partial charge >= 0.3 is 0 Å². The number of halogens is 3. The molecule has 0 spiro atoms. The molecule has 0 aliphatic rings. The first-order valence-corrected chi connectivity index (χ1v) is 8.21. The van der Waals surface area contributed by atoms with Gasteiger partial charge in [-0.25, -0.2) is 8.42 Å². The number of hydrogen-bond donors (Lipinski definition) is 1. The standard InChI is InChI=1S/C10H12BrCl2NO2S/c1-7(5-12)6-17(15,16)14-8-2-3-9(11)10(13)4-8/h2-4,7,14H,5-6H2,1H3. The van der Waals surface area contributed by atoms with Crippen LogP contribution < -0.4 is 4.72 Å². The lowest BCUT2D eigenvalue weighted by molar-refractivity contribution is 0.588. The maximum Gasteiger partial charge on any atom is 0.233 e. The van der Waals surface area contributed by atoms with Gasteiger partial charge in [-0.05, 0) is 40.0 Å². The summed E-state index contributed by atoms with van der Waals surface area (Å²) < 4.78 is 26.7. The van der Waals surface area contributed by atoms with Gasteiger partial charge in [0, 0.05) is 10.4 Å². The number of sulfonamides is 1. The molecule has 1 unspecified atom stereocenters. The van der Waals surface area contributed by atoms with Crippen LogP contribution in [0.25, 0.3) is 0 Å². The van der Waals surface area contributed by atoms with E-state index in [1.54, 1.807) is 25.1 Å². The summed E-state index contributed by atoms with van der Waals surface area (Å²) in [5, 5.41) is 0.454. The van der Waals surface area contributed by atoms with Crippen molar-refractivity contribution in [1.29, 1.82) is 0 Å². The molecular weight excluding hydrogens is 349 g/mol. The molecule has 0 aromatic heterocycles. The molecule has 7 heteroatoms. The van der Waals surface area contributed by atoms with Gasteiger partial charge in [-0.15, -0.1) is 11.6 Å². The van der Waals surface area contributed by atoms with Crippen LogP contribution in [0, 0.1) is 5.92 Å². The van der Waals surface area contributed by atoms with Crippen molar-refractivity contribution in [3.8, 4) is 0 Å². The zero-order valence-electron chi connectivity index (χ0n) is 9.08. The van der Waals surface area contributed by atoms with Crippen molar-refractivity contribution in [2.45, 2.75) is 6.92 Å². The van der Waals surface area contributed by atoms with E-state index in [0.29, 0.717) is 16.6 Å². The zero-order chi connectivity index (χ0) is 13.1. The topological polar surface area (TPSA) is 46.2 Å². The third-order valence-electron chi connectivity index (χ3n) is 1.96. The smallest absolute Gasteiger partial charge is 0.233 e. The minimum atomic E-state index is -3.38. The van der Waals surface area contributed by atoms with Gasteiger partial charge in [0.15, 0.2) is 0 Å². The Labute approximate surface area is 120 Å². The van der Waals surface area contributed by atoms with Gasteiger partial charge in [-0.1, -0.05) is 18.5 Å². The van der Waals surface area contributed by atoms with Gasteiger partial charge in [-0.3, -0.25) is 4.72 Å². The van der Waals surface area contributed by atoms with Gasteiger partial charge in [0.25, 0.3) is 0 Å². The molecule has 1 rings (SSSR count). The Morgan fingerprint density at radius 1 is 1.47 bits per heavy atom. The first kappa shape index (κ1) is 15.1. The van der Waals surface area contributed by atoms with E-state index in [4.69, 9.17) is 23.2 Å². The normalized spacial score (nSPS) is 13.4. The molecule has 1 atom stereocenters. The zero-order valence-corrected chi connectivity index (χ0v) is 13.0. The van der Waals surface area contributed by atoms with E-state index in [2.05, 4.69) is 20.7 Å². The van der Waals surface area contributed by atoms with E-state index in [1.165, 1.54) is 0 Å². The number of hydrogen-bond acceptors (Lipinski definition) is 2. The van der Waals surface area contributed by atoms with Gasteiger partial charge in [-0.2, -0.15) is 0 Å². The Kier molecular flexibility index (Phi) is 5.57. The second kappa shape index (κ2) is 6.27. The minimum absolute atomic E-state index is 0.00974. The van der Waals surface area contributed by atoms with Crippen molar-refractivity contribution in [2.75, 3.05) is 16.4 Å². The molecule has 0 fully saturated rings. The molecule has 1 aromatic rings. The van der Waals surface area contributed by atoms with Crippen LogP contribution in [0.15, 0.2) is 22.7 Å². The summed E-state index contributed by atoms with van der Waals surface area (Å²) in [6.07, 6.45) is 0. The summed E-state index contributed by atoms with van der Waals surface area (Å²) in [6, 6.07) is 4.87. The molecule has 0 amide bonds. The van der Waals surface area contributed by atoms with Crippen LogP contribution >= 0.6 is 39.1 Å². The lowest BCUT2D eigenvalue weighted by Crippen LogP contribution is -2.22. The van der Waals surface area contributed by atoms with E-state index >= 15 is 0 Å². The van der Waals surface area contributed by atoms with Crippen molar-refractivity contribution in [1.82, 2.24) is 0 Å². The van der Waals surface area contributed by atoms with Crippen LogP contribution in [0.5, 0.6) is 0 Å². The molecule has 0 bridgehead atoms. The predicted octanol–water partition coefficient (Wildman–Crippen LogP) is 3.72. The quantitative estimate of drug-likeness (QED) is 0.813. The monoisotopic (exact) mass is 359 g/mol. The van der Waals surface area contributed by atoms with Crippen LogP contribution in [0.4, 0.5) is 5.69 Å². The number of rotatable bonds is 5. The van der Waals surface area contributed by atoms with E-state index in [9.17, 15) is 8.42 Å². The third kappa shape index (κ3) is 5.04. The predicted molar refractivity (Wildman–Crippen MR) is 76.4 cm³/mol. The maximum absolute atomic E-state index is 11.7. The fourth-order valence-corrected chi connectivity index (χ4v) is 3.30. The number of alkyl halides is 1. The Morgan fingerprint density at radius 2 is 2.12 bits per heavy atom. The number of anilines is 1. The Bertz CT molecular complexity index is 493. The van der Waals surface area contributed by atoms with Crippen LogP contribution in [0.3, 0.4) is 0 Å². The second-order valence-corrected chi connectivity index (χ2v) is 7.11. The Hall–Kier alpha value is 0.0300. The summed E-state index contributed by atoms with van der Waals surface area (Å²) in [4.78, 5) is 0. The van der Waals surface area contributed by atoms with Gasteiger partial charge < -0.3 is 0 Å². The highest BCUT2D eigenvalue weighted by Crippen LogP contribution is 2.26. The highest BCUT2D eigenvalue weighted by atomic mass is 79.9. The molecular formula is C10H12BrCl2NO2S. The van der Waals surface area contributed by atoms with Crippen molar-refractivity contribution < 1.29 is 8.42 Å². The van der Waals surface area contributed by atoms with Crippen LogP contribution in [-0.4, -0.2) is 20.1 Å². The molecule has 1 N–H and O–H groups in total. The van der Waals surface area contributed by atoms with E-state index in [0.717, 1.165) is 4.47 Å². The molecule has 17 heavy (non-hydrogen) atoms. The van der Waals surface area contributed by atoms with Crippen LogP contribution in [-0.2, 0) is 10.0 Å². The SMILES string of the molecule is CC(CCl)CS(=O)(=O)Nc1ccc(Br)c(Cl)c1. The first-order valence-electron chi connectivity index (χ1n) is 4.85. The largest absolute Gasteiger partial charge is 0.283 e. The summed E-state index contributed by atoms with van der Waals surface area (Å²) in [7, 11) is -3.38. The van der Waals surface area contributed by atoms with Gasteiger partial charge in [0.2, 0.25) is 10.0 Å². The summed E-state index contributed by atoms with van der Waals surface area (Å²) >= 11 is 14.7. The molecule has 3 nitrogen and oxygen atoms in total. The maximum atomic E-state index is 11.7. The lowest BCUT2D eigenvalue weighted by atomic mass is 10.3. The lowest BCUT2D eigenvalue weighted by Gasteiger charge is -2.11. The second-order valence-electron chi connectivity index (χ2n) is 3.77. The Morgan fingerprint density at radius 3 is 2.65 bits per heavy atom. The number of benzene rings is 1. The molecule has 0 saturated heterocycles. The summed E-state index contributed by atoms with van der Waals surface area (Å²) in [6.45, 7) is 1.78. The van der Waals surface area contributed by atoms with E-state index < -0.39 is 10.0 Å². The third-order valence-corrected chi connectivity index (χ3v) is 5.27.